The highest BCUT2D eigenvalue weighted by atomic mass is 35.5. The fourth-order valence-electron chi connectivity index (χ4n) is 2.93. The molecule has 1 aliphatic heterocycles. The van der Waals surface area contributed by atoms with Crippen molar-refractivity contribution in [1.29, 1.82) is 0 Å². The third-order valence-electron chi connectivity index (χ3n) is 4.58. The van der Waals surface area contributed by atoms with Crippen LogP contribution in [0.3, 0.4) is 0 Å². The van der Waals surface area contributed by atoms with Gasteiger partial charge in [-0.1, -0.05) is 48.0 Å². The van der Waals surface area contributed by atoms with Gasteiger partial charge < -0.3 is 0 Å². The maximum atomic E-state index is 12.8. The topological polar surface area (TPSA) is 57.7 Å². The molecule has 5 nitrogen and oxygen atoms in total. The summed E-state index contributed by atoms with van der Waals surface area (Å²) in [5.41, 5.74) is 1.52. The van der Waals surface area contributed by atoms with Gasteiger partial charge in [-0.2, -0.15) is 4.31 Å². The monoisotopic (exact) mass is 392 g/mol. The second-order valence-electron chi connectivity index (χ2n) is 6.38. The Balaban J connectivity index is 1.62. The fourth-order valence-corrected chi connectivity index (χ4v) is 4.62. The van der Waals surface area contributed by atoms with E-state index in [0.717, 1.165) is 5.56 Å². The van der Waals surface area contributed by atoms with Crippen molar-refractivity contribution in [2.45, 2.75) is 11.8 Å². The minimum Gasteiger partial charge on any atom is -0.293 e. The molecular weight excluding hydrogens is 372 g/mol. The van der Waals surface area contributed by atoms with E-state index in [1.54, 1.807) is 24.3 Å². The van der Waals surface area contributed by atoms with Gasteiger partial charge in [0.15, 0.2) is 5.78 Å². The molecule has 3 rings (SSSR count). The van der Waals surface area contributed by atoms with Crippen LogP contribution in [0.25, 0.3) is 0 Å². The predicted octanol–water partition coefficient (Wildman–Crippen LogP) is 2.84. The number of ketones is 1. The van der Waals surface area contributed by atoms with Crippen LogP contribution < -0.4 is 0 Å². The molecule has 0 aliphatic carbocycles. The molecule has 0 bridgehead atoms. The maximum absolute atomic E-state index is 12.8. The molecule has 0 unspecified atom stereocenters. The third kappa shape index (κ3) is 4.15. The summed E-state index contributed by atoms with van der Waals surface area (Å²) in [6, 6.07) is 13.9. The number of halogens is 1. The lowest BCUT2D eigenvalue weighted by Crippen LogP contribution is -2.49. The van der Waals surface area contributed by atoms with Crippen LogP contribution in [0.2, 0.25) is 5.02 Å². The molecule has 0 N–H and O–H groups in total. The van der Waals surface area contributed by atoms with Crippen molar-refractivity contribution in [3.05, 3.63) is 64.7 Å². The molecular formula is C19H21ClN2O3S. The van der Waals surface area contributed by atoms with Gasteiger partial charge in [-0.25, -0.2) is 8.42 Å². The van der Waals surface area contributed by atoms with E-state index in [0.29, 0.717) is 43.3 Å². The van der Waals surface area contributed by atoms with Crippen molar-refractivity contribution in [2.75, 3.05) is 32.7 Å². The first-order valence-corrected chi connectivity index (χ1v) is 10.3. The average molecular weight is 393 g/mol. The molecule has 0 spiro atoms. The van der Waals surface area contributed by atoms with Crippen LogP contribution in [-0.2, 0) is 10.0 Å². The van der Waals surface area contributed by atoms with Gasteiger partial charge >= 0.3 is 0 Å². The Kier molecular flexibility index (Phi) is 5.77. The molecule has 1 saturated heterocycles. The number of Topliss-reactive ketones (excluding diaryl/α,β-unsaturated/α-hetero) is 1. The smallest absolute Gasteiger partial charge is 0.243 e. The van der Waals surface area contributed by atoms with Crippen LogP contribution in [0.5, 0.6) is 0 Å². The molecule has 1 fully saturated rings. The number of rotatable bonds is 5. The highest BCUT2D eigenvalue weighted by Crippen LogP contribution is 2.23. The van der Waals surface area contributed by atoms with Crippen molar-refractivity contribution in [2.24, 2.45) is 0 Å². The molecule has 1 heterocycles. The van der Waals surface area contributed by atoms with Crippen molar-refractivity contribution >= 4 is 27.4 Å². The first-order chi connectivity index (χ1) is 12.4. The van der Waals surface area contributed by atoms with E-state index in [4.69, 9.17) is 11.6 Å². The summed E-state index contributed by atoms with van der Waals surface area (Å²) < 4.78 is 27.0. The van der Waals surface area contributed by atoms with E-state index in [2.05, 4.69) is 0 Å². The van der Waals surface area contributed by atoms with Crippen molar-refractivity contribution in [3.8, 4) is 0 Å². The van der Waals surface area contributed by atoms with Crippen LogP contribution in [0.1, 0.15) is 15.9 Å². The maximum Gasteiger partial charge on any atom is 0.243 e. The van der Waals surface area contributed by atoms with Crippen LogP contribution in [0.15, 0.2) is 53.4 Å². The summed E-state index contributed by atoms with van der Waals surface area (Å²) in [6.07, 6.45) is 0. The number of benzene rings is 2. The Labute approximate surface area is 159 Å². The van der Waals surface area contributed by atoms with E-state index >= 15 is 0 Å². The standard InChI is InChI=1S/C19H21ClN2O3S/c1-15-7-8-17(13-18(15)20)26(24,25)22-11-9-21(10-12-22)14-19(23)16-5-3-2-4-6-16/h2-8,13H,9-12,14H2,1H3. The number of carbonyl (C=O) groups excluding carboxylic acids is 1. The lowest BCUT2D eigenvalue weighted by atomic mass is 10.1. The normalized spacial score (nSPS) is 16.5. The van der Waals surface area contributed by atoms with Gasteiger partial charge in [0.05, 0.1) is 11.4 Å². The predicted molar refractivity (Wildman–Crippen MR) is 102 cm³/mol. The molecule has 0 atom stereocenters. The van der Waals surface area contributed by atoms with Crippen LogP contribution in [0.4, 0.5) is 0 Å². The zero-order valence-electron chi connectivity index (χ0n) is 14.6. The molecule has 2 aromatic carbocycles. The van der Waals surface area contributed by atoms with Crippen molar-refractivity contribution < 1.29 is 13.2 Å². The number of hydrogen-bond donors (Lipinski definition) is 0. The Hall–Kier alpha value is -1.73. The van der Waals surface area contributed by atoms with E-state index in [1.165, 1.54) is 10.4 Å². The van der Waals surface area contributed by atoms with Crippen molar-refractivity contribution in [1.82, 2.24) is 9.21 Å². The molecule has 7 heteroatoms. The largest absolute Gasteiger partial charge is 0.293 e. The third-order valence-corrected chi connectivity index (χ3v) is 6.88. The summed E-state index contributed by atoms with van der Waals surface area (Å²) in [4.78, 5) is 14.5. The van der Waals surface area contributed by atoms with Gasteiger partial charge in [-0.15, -0.1) is 0 Å². The van der Waals surface area contributed by atoms with Gasteiger partial charge in [-0.05, 0) is 24.6 Å². The highest BCUT2D eigenvalue weighted by Gasteiger charge is 2.29. The van der Waals surface area contributed by atoms with Crippen molar-refractivity contribution in [3.63, 3.8) is 0 Å². The summed E-state index contributed by atoms with van der Waals surface area (Å²) in [6.45, 7) is 3.90. The number of piperazine rings is 1. The number of carbonyl (C=O) groups is 1. The molecule has 1 aliphatic rings. The first kappa shape index (κ1) is 19.0. The van der Waals surface area contributed by atoms with Gasteiger partial charge in [0.1, 0.15) is 0 Å². The van der Waals surface area contributed by atoms with Gasteiger partial charge in [0.25, 0.3) is 0 Å². The Morgan fingerprint density at radius 2 is 1.69 bits per heavy atom. The SMILES string of the molecule is Cc1ccc(S(=O)(=O)N2CCN(CC(=O)c3ccccc3)CC2)cc1Cl. The zero-order chi connectivity index (χ0) is 18.7. The van der Waals surface area contributed by atoms with E-state index in [-0.39, 0.29) is 10.7 Å². The molecule has 0 saturated carbocycles. The second kappa shape index (κ2) is 7.88. The fraction of sp³-hybridized carbons (Fsp3) is 0.316. The Bertz CT molecular complexity index is 892. The first-order valence-electron chi connectivity index (χ1n) is 8.45. The van der Waals surface area contributed by atoms with Gasteiger partial charge in [-0.3, -0.25) is 9.69 Å². The van der Waals surface area contributed by atoms with E-state index < -0.39 is 10.0 Å². The Morgan fingerprint density at radius 3 is 2.31 bits per heavy atom. The molecule has 26 heavy (non-hydrogen) atoms. The average Bonchev–Trinajstić information content (AvgIpc) is 2.65. The van der Waals surface area contributed by atoms with Crippen LogP contribution >= 0.6 is 11.6 Å². The second-order valence-corrected chi connectivity index (χ2v) is 8.73. The van der Waals surface area contributed by atoms with E-state index in [9.17, 15) is 13.2 Å². The van der Waals surface area contributed by atoms with Gasteiger partial charge in [0, 0.05) is 36.8 Å². The highest BCUT2D eigenvalue weighted by molar-refractivity contribution is 7.89. The number of nitrogens with zero attached hydrogens (tertiary/aromatic N) is 2. The molecule has 138 valence electrons. The Morgan fingerprint density at radius 1 is 1.04 bits per heavy atom. The quantitative estimate of drug-likeness (QED) is 0.734. The zero-order valence-corrected chi connectivity index (χ0v) is 16.1. The van der Waals surface area contributed by atoms with Crippen LogP contribution in [-0.4, -0.2) is 56.1 Å². The molecule has 0 amide bonds. The minimum absolute atomic E-state index is 0.0484. The summed E-state index contributed by atoms with van der Waals surface area (Å²) >= 11 is 6.07. The van der Waals surface area contributed by atoms with E-state index in [1.807, 2.05) is 30.0 Å². The molecule has 0 radical (unpaired) electrons. The minimum atomic E-state index is -3.57. The number of aryl methyl sites for hydroxylation is 1. The number of hydrogen-bond acceptors (Lipinski definition) is 4. The molecule has 2 aromatic rings. The molecule has 0 aromatic heterocycles. The van der Waals surface area contributed by atoms with Crippen LogP contribution in [0, 0.1) is 6.92 Å². The lowest BCUT2D eigenvalue weighted by molar-refractivity contribution is 0.0901. The lowest BCUT2D eigenvalue weighted by Gasteiger charge is -2.33. The van der Waals surface area contributed by atoms with Gasteiger partial charge in [0.2, 0.25) is 10.0 Å². The summed E-state index contributed by atoms with van der Waals surface area (Å²) in [5.74, 6) is 0.0484. The number of sulfonamides is 1. The summed E-state index contributed by atoms with van der Waals surface area (Å²) in [7, 11) is -3.57. The summed E-state index contributed by atoms with van der Waals surface area (Å²) in [5, 5.41) is 0.443.